The molecule has 0 aliphatic heterocycles. The zero-order valence-electron chi connectivity index (χ0n) is 7.65. The second-order valence-corrected chi connectivity index (χ2v) is 2.53. The first kappa shape index (κ1) is 18.1. The van der Waals surface area contributed by atoms with E-state index in [-0.39, 0.29) is 41.9 Å². The first-order chi connectivity index (χ1) is 4.30. The molecule has 1 unspecified atom stereocenters. The van der Waals surface area contributed by atoms with E-state index in [2.05, 4.69) is 0 Å². The van der Waals surface area contributed by atoms with Crippen molar-refractivity contribution in [3.8, 4) is 0 Å². The molecule has 0 heterocycles. The normalized spacial score (nSPS) is 9.75. The van der Waals surface area contributed by atoms with Gasteiger partial charge in [0.1, 0.15) is 0 Å². The fraction of sp³-hybridized carbons (Fsp3) is 0. The Morgan fingerprint density at radius 2 is 1.58 bits per heavy atom. The Labute approximate surface area is 96.7 Å². The number of rotatable bonds is 1. The summed E-state index contributed by atoms with van der Waals surface area (Å²) >= 11 is -1.83. The summed E-state index contributed by atoms with van der Waals surface area (Å²) in [4.78, 5) is 0.442. The predicted octanol–water partition coefficient (Wildman–Crippen LogP) is -3.27. The van der Waals surface area contributed by atoms with Crippen LogP contribution in [0.1, 0.15) is 1.43 Å². The molecule has 0 bridgehead atoms. The molecule has 0 aliphatic carbocycles. The summed E-state index contributed by atoms with van der Waals surface area (Å²) in [7, 11) is 0. The first-order valence-electron chi connectivity index (χ1n) is 2.46. The van der Waals surface area contributed by atoms with E-state index < -0.39 is 11.1 Å². The Morgan fingerprint density at radius 3 is 1.83 bits per heavy atom. The van der Waals surface area contributed by atoms with Crippen molar-refractivity contribution in [1.82, 2.24) is 0 Å². The van der Waals surface area contributed by atoms with Gasteiger partial charge < -0.3 is 16.9 Å². The van der Waals surface area contributed by atoms with Crippen LogP contribution in [0.25, 0.3) is 0 Å². The molecule has 0 saturated heterocycles. The quantitative estimate of drug-likeness (QED) is 0.381. The third kappa shape index (κ3) is 5.84. The monoisotopic (exact) mass is 202 g/mol. The van der Waals surface area contributed by atoms with Gasteiger partial charge in [-0.15, -0.1) is 0 Å². The van der Waals surface area contributed by atoms with Crippen LogP contribution in [-0.2, 0) is 11.1 Å². The van der Waals surface area contributed by atoms with Crippen molar-refractivity contribution in [1.29, 1.82) is 0 Å². The van der Waals surface area contributed by atoms with Gasteiger partial charge in [-0.3, -0.25) is 0 Å². The van der Waals surface area contributed by atoms with Crippen molar-refractivity contribution >= 4 is 11.1 Å². The smallest absolute Gasteiger partial charge is 1.00 e. The molecule has 0 fully saturated rings. The van der Waals surface area contributed by atoms with Crippen LogP contribution in [0.3, 0.4) is 0 Å². The second-order valence-electron chi connectivity index (χ2n) is 1.56. The topological polar surface area (TPSA) is 100 Å². The Bertz CT molecular complexity index is 221. The molecule has 1 aromatic rings. The van der Waals surface area contributed by atoms with Crippen LogP contribution in [0.15, 0.2) is 35.2 Å². The molecule has 4 nitrogen and oxygen atoms in total. The predicted molar refractivity (Wildman–Crippen MR) is 43.8 cm³/mol. The third-order valence-electron chi connectivity index (χ3n) is 0.945. The van der Waals surface area contributed by atoms with Gasteiger partial charge in [-0.25, -0.2) is 4.21 Å². The minimum atomic E-state index is -1.83. The van der Waals surface area contributed by atoms with E-state index in [1.54, 1.807) is 30.3 Å². The molecule has 0 aromatic heterocycles. The molecule has 1 atom stereocenters. The molecule has 66 valence electrons. The van der Waals surface area contributed by atoms with Crippen LogP contribution in [-0.4, -0.2) is 19.7 Å². The van der Waals surface area contributed by atoms with Gasteiger partial charge in [-0.1, -0.05) is 18.2 Å². The van der Waals surface area contributed by atoms with E-state index in [9.17, 15) is 4.21 Å². The van der Waals surface area contributed by atoms with Crippen LogP contribution >= 0.6 is 0 Å². The second kappa shape index (κ2) is 9.34. The zero-order valence-corrected chi connectivity index (χ0v) is 9.47. The minimum absolute atomic E-state index is 0. The molecular weight excluding hydrogens is 191 g/mol. The molecule has 5 N–H and O–H groups in total. The average molecular weight is 202 g/mol. The fourth-order valence-electron chi connectivity index (χ4n) is 0.537. The maximum atomic E-state index is 10.3. The van der Waals surface area contributed by atoms with Crippen molar-refractivity contribution in [2.45, 2.75) is 4.90 Å². The Kier molecular flexibility index (Phi) is 14.1. The van der Waals surface area contributed by atoms with Crippen molar-refractivity contribution in [2.75, 3.05) is 0 Å². The summed E-state index contributed by atoms with van der Waals surface area (Å²) in [6, 6.07) is 8.47. The zero-order chi connectivity index (χ0) is 6.69. The SMILES string of the molecule is O.O.O=S(O)c1ccccc1.[H-].[Na+]. The summed E-state index contributed by atoms with van der Waals surface area (Å²) in [5, 5.41) is 0. The van der Waals surface area contributed by atoms with Gasteiger partial charge in [-0.05, 0) is 12.1 Å². The first-order valence-corrected chi connectivity index (χ1v) is 3.57. The number of hydrogen-bond donors (Lipinski definition) is 1. The van der Waals surface area contributed by atoms with E-state index in [1.165, 1.54) is 0 Å². The standard InChI is InChI=1S/C6H6O2S.Na.2H2O.H/c7-9(8)6-4-2-1-3-5-6;;;;/h1-5H,(H,7,8);;2*1H2;/q;+1;;;-1. The van der Waals surface area contributed by atoms with Crippen LogP contribution < -0.4 is 29.6 Å². The van der Waals surface area contributed by atoms with Crippen LogP contribution in [0.5, 0.6) is 0 Å². The molecule has 0 aliphatic rings. The van der Waals surface area contributed by atoms with Crippen molar-refractivity contribution in [3.05, 3.63) is 30.3 Å². The molecule has 12 heavy (non-hydrogen) atoms. The summed E-state index contributed by atoms with van der Waals surface area (Å²) in [5.74, 6) is 0. The molecule has 0 amide bonds. The molecule has 6 heteroatoms. The summed E-state index contributed by atoms with van der Waals surface area (Å²) < 4.78 is 18.8. The average Bonchev–Trinajstić information content (AvgIpc) is 1.90. The Hall–Kier alpha value is 0.250. The van der Waals surface area contributed by atoms with E-state index in [1.807, 2.05) is 0 Å². The molecular formula is C6H11NaO4S. The fourth-order valence-corrected chi connectivity index (χ4v) is 0.927. The van der Waals surface area contributed by atoms with Crippen molar-refractivity contribution in [3.63, 3.8) is 0 Å². The van der Waals surface area contributed by atoms with Gasteiger partial charge in [0.25, 0.3) is 0 Å². The van der Waals surface area contributed by atoms with Gasteiger partial charge in [0.05, 0.1) is 4.90 Å². The van der Waals surface area contributed by atoms with Gasteiger partial charge >= 0.3 is 29.6 Å². The number of benzene rings is 1. The van der Waals surface area contributed by atoms with E-state index >= 15 is 0 Å². The molecule has 1 aromatic carbocycles. The summed E-state index contributed by atoms with van der Waals surface area (Å²) in [5.41, 5.74) is 0. The third-order valence-corrected chi connectivity index (χ3v) is 1.62. The van der Waals surface area contributed by atoms with Crippen molar-refractivity contribution in [2.24, 2.45) is 0 Å². The Balaban J connectivity index is -0.000000101. The summed E-state index contributed by atoms with van der Waals surface area (Å²) in [6.45, 7) is 0. The van der Waals surface area contributed by atoms with Crippen LogP contribution in [0.4, 0.5) is 0 Å². The van der Waals surface area contributed by atoms with Gasteiger partial charge in [0.2, 0.25) is 0 Å². The van der Waals surface area contributed by atoms with E-state index in [0.717, 1.165) is 0 Å². The molecule has 0 radical (unpaired) electrons. The van der Waals surface area contributed by atoms with E-state index in [4.69, 9.17) is 4.55 Å². The van der Waals surface area contributed by atoms with Crippen molar-refractivity contribution < 1.29 is 50.7 Å². The maximum absolute atomic E-state index is 10.3. The largest absolute Gasteiger partial charge is 1.00 e. The molecule has 0 spiro atoms. The molecule has 1 rings (SSSR count). The van der Waals surface area contributed by atoms with Crippen LogP contribution in [0, 0.1) is 0 Å². The number of hydrogen-bond acceptors (Lipinski definition) is 1. The maximum Gasteiger partial charge on any atom is 1.00 e. The Morgan fingerprint density at radius 1 is 1.17 bits per heavy atom. The van der Waals surface area contributed by atoms with Crippen LogP contribution in [0.2, 0.25) is 0 Å². The summed E-state index contributed by atoms with van der Waals surface area (Å²) in [6.07, 6.45) is 0. The minimum Gasteiger partial charge on any atom is -1.00 e. The van der Waals surface area contributed by atoms with E-state index in [0.29, 0.717) is 4.90 Å². The molecule has 0 saturated carbocycles. The van der Waals surface area contributed by atoms with Gasteiger partial charge in [0.15, 0.2) is 11.1 Å². The van der Waals surface area contributed by atoms with Gasteiger partial charge in [-0.2, -0.15) is 0 Å². The van der Waals surface area contributed by atoms with Gasteiger partial charge in [0, 0.05) is 0 Å².